The molecule has 1 amide bonds. The van der Waals surface area contributed by atoms with E-state index in [-0.39, 0.29) is 30.1 Å². The third kappa shape index (κ3) is 6.35. The molecule has 0 heterocycles. The van der Waals surface area contributed by atoms with E-state index < -0.39 is 12.0 Å². The van der Waals surface area contributed by atoms with Crippen LogP contribution in [0.2, 0.25) is 5.02 Å². The Labute approximate surface area is 165 Å². The summed E-state index contributed by atoms with van der Waals surface area (Å²) in [7, 11) is 0. The number of ether oxygens (including phenoxy) is 1. The van der Waals surface area contributed by atoms with Gasteiger partial charge in [0, 0.05) is 16.5 Å². The second-order valence-electron chi connectivity index (χ2n) is 7.72. The molecule has 1 N–H and O–H groups in total. The molecule has 1 unspecified atom stereocenters. The van der Waals surface area contributed by atoms with Crippen molar-refractivity contribution in [1.29, 1.82) is 0 Å². The smallest absolute Gasteiger partial charge is 0.329 e. The van der Waals surface area contributed by atoms with Crippen molar-refractivity contribution < 1.29 is 19.1 Å². The molecule has 5 nitrogen and oxygen atoms in total. The predicted octanol–water partition coefficient (Wildman–Crippen LogP) is 4.03. The van der Waals surface area contributed by atoms with Gasteiger partial charge in [0.15, 0.2) is 12.4 Å². The van der Waals surface area contributed by atoms with Gasteiger partial charge in [0.05, 0.1) is 0 Å². The van der Waals surface area contributed by atoms with Gasteiger partial charge in [-0.3, -0.25) is 9.59 Å². The predicted molar refractivity (Wildman–Crippen MR) is 105 cm³/mol. The Kier molecular flexibility index (Phi) is 7.84. The van der Waals surface area contributed by atoms with E-state index in [1.54, 1.807) is 24.3 Å². The topological polar surface area (TPSA) is 72.5 Å². The highest BCUT2D eigenvalue weighted by molar-refractivity contribution is 6.30. The van der Waals surface area contributed by atoms with Gasteiger partial charge in [-0.25, -0.2) is 4.79 Å². The van der Waals surface area contributed by atoms with Crippen LogP contribution in [0.3, 0.4) is 0 Å². The summed E-state index contributed by atoms with van der Waals surface area (Å²) < 4.78 is 5.18. The van der Waals surface area contributed by atoms with Crippen molar-refractivity contribution in [3.8, 4) is 0 Å². The summed E-state index contributed by atoms with van der Waals surface area (Å²) in [6.45, 7) is 5.52. The first-order valence-electron chi connectivity index (χ1n) is 9.53. The summed E-state index contributed by atoms with van der Waals surface area (Å²) in [6.07, 6.45) is 3.76. The number of esters is 1. The zero-order chi connectivity index (χ0) is 20.0. The number of rotatable bonds is 7. The minimum absolute atomic E-state index is 0.0500. The molecule has 0 bridgehead atoms. The molecular formula is C21H28ClNO4. The molecular weight excluding hydrogens is 366 g/mol. The van der Waals surface area contributed by atoms with Gasteiger partial charge in [0.2, 0.25) is 5.91 Å². The first-order chi connectivity index (χ1) is 12.8. The van der Waals surface area contributed by atoms with Crippen molar-refractivity contribution in [2.24, 2.45) is 17.8 Å². The molecule has 2 rings (SSSR count). The average molecular weight is 394 g/mol. The number of hydrogen-bond acceptors (Lipinski definition) is 4. The number of ketones is 1. The van der Waals surface area contributed by atoms with Crippen LogP contribution in [0.5, 0.6) is 0 Å². The zero-order valence-corrected chi connectivity index (χ0v) is 16.9. The molecule has 1 aliphatic rings. The fourth-order valence-corrected chi connectivity index (χ4v) is 3.36. The van der Waals surface area contributed by atoms with Gasteiger partial charge >= 0.3 is 5.97 Å². The van der Waals surface area contributed by atoms with Gasteiger partial charge in [-0.05, 0) is 61.8 Å². The second-order valence-corrected chi connectivity index (χ2v) is 8.16. The highest BCUT2D eigenvalue weighted by Crippen LogP contribution is 2.28. The molecule has 1 aromatic rings. The summed E-state index contributed by atoms with van der Waals surface area (Å²) in [4.78, 5) is 37.1. The standard InChI is InChI=1S/C21H28ClNO4/c1-13(2)19(23-20(25)16-6-4-14(3)5-7-16)21(26)27-12-18(24)15-8-10-17(22)11-9-15/h8-11,13-14,16,19H,4-7,12H2,1-3H3,(H,23,25). The van der Waals surface area contributed by atoms with Crippen LogP contribution in [0.15, 0.2) is 24.3 Å². The maximum absolute atomic E-state index is 12.5. The number of halogens is 1. The Morgan fingerprint density at radius 3 is 2.26 bits per heavy atom. The lowest BCUT2D eigenvalue weighted by Crippen LogP contribution is -2.48. The molecule has 0 spiro atoms. The molecule has 6 heteroatoms. The number of carbonyl (C=O) groups excluding carboxylic acids is 3. The molecule has 1 fully saturated rings. The van der Waals surface area contributed by atoms with E-state index in [1.807, 2.05) is 13.8 Å². The van der Waals surface area contributed by atoms with Crippen LogP contribution in [0.4, 0.5) is 0 Å². The molecule has 0 saturated heterocycles. The van der Waals surface area contributed by atoms with Gasteiger partial charge in [0.25, 0.3) is 0 Å². The average Bonchev–Trinajstić information content (AvgIpc) is 2.64. The van der Waals surface area contributed by atoms with Crippen molar-refractivity contribution in [2.75, 3.05) is 6.61 Å². The van der Waals surface area contributed by atoms with Gasteiger partial charge in [0.1, 0.15) is 6.04 Å². The lowest BCUT2D eigenvalue weighted by molar-refractivity contribution is -0.148. The van der Waals surface area contributed by atoms with E-state index >= 15 is 0 Å². The molecule has 27 heavy (non-hydrogen) atoms. The van der Waals surface area contributed by atoms with Crippen LogP contribution in [-0.4, -0.2) is 30.3 Å². The van der Waals surface area contributed by atoms with Crippen LogP contribution in [0, 0.1) is 17.8 Å². The van der Waals surface area contributed by atoms with Crippen molar-refractivity contribution >= 4 is 29.3 Å². The van der Waals surface area contributed by atoms with E-state index in [0.29, 0.717) is 16.5 Å². The van der Waals surface area contributed by atoms with Gasteiger partial charge in [-0.15, -0.1) is 0 Å². The summed E-state index contributed by atoms with van der Waals surface area (Å²) in [5.74, 6) is -0.513. The van der Waals surface area contributed by atoms with E-state index in [2.05, 4.69) is 12.2 Å². The van der Waals surface area contributed by atoms with Crippen molar-refractivity contribution in [2.45, 2.75) is 52.5 Å². The van der Waals surface area contributed by atoms with Crippen molar-refractivity contribution in [3.63, 3.8) is 0 Å². The number of Topliss-reactive ketones (excluding diaryl/α,β-unsaturated/α-hetero) is 1. The Bertz CT molecular complexity index is 663. The van der Waals surface area contributed by atoms with Crippen LogP contribution >= 0.6 is 11.6 Å². The quantitative estimate of drug-likeness (QED) is 0.560. The number of carbonyl (C=O) groups is 3. The van der Waals surface area contributed by atoms with Crippen LogP contribution in [0.25, 0.3) is 0 Å². The van der Waals surface area contributed by atoms with Crippen LogP contribution in [-0.2, 0) is 14.3 Å². The lowest BCUT2D eigenvalue weighted by Gasteiger charge is -2.28. The first-order valence-corrected chi connectivity index (χ1v) is 9.91. The Morgan fingerprint density at radius 1 is 1.11 bits per heavy atom. The molecule has 0 aromatic heterocycles. The SMILES string of the molecule is CC1CCC(C(=O)NC(C(=O)OCC(=O)c2ccc(Cl)cc2)C(C)C)CC1. The van der Waals surface area contributed by atoms with Gasteiger partial charge in [-0.2, -0.15) is 0 Å². The monoisotopic (exact) mass is 393 g/mol. The summed E-state index contributed by atoms with van der Waals surface area (Å²) in [5.41, 5.74) is 0.425. The molecule has 0 aliphatic heterocycles. The molecule has 148 valence electrons. The largest absolute Gasteiger partial charge is 0.456 e. The number of amides is 1. The second kappa shape index (κ2) is 9.88. The van der Waals surface area contributed by atoms with E-state index in [0.717, 1.165) is 25.7 Å². The highest BCUT2D eigenvalue weighted by atomic mass is 35.5. The third-order valence-corrected chi connectivity index (χ3v) is 5.37. The van der Waals surface area contributed by atoms with Gasteiger partial charge in [-0.1, -0.05) is 32.4 Å². The Balaban J connectivity index is 1.89. The Morgan fingerprint density at radius 2 is 1.70 bits per heavy atom. The minimum atomic E-state index is -0.755. The van der Waals surface area contributed by atoms with Crippen molar-refractivity contribution in [3.05, 3.63) is 34.9 Å². The number of benzene rings is 1. The highest BCUT2D eigenvalue weighted by Gasteiger charge is 2.31. The molecule has 1 aromatic carbocycles. The maximum atomic E-state index is 12.5. The first kappa shape index (κ1) is 21.4. The Hall–Kier alpha value is -1.88. The minimum Gasteiger partial charge on any atom is -0.456 e. The summed E-state index contributed by atoms with van der Waals surface area (Å²) in [6, 6.07) is 5.64. The van der Waals surface area contributed by atoms with Crippen LogP contribution < -0.4 is 5.32 Å². The molecule has 0 radical (unpaired) electrons. The maximum Gasteiger partial charge on any atom is 0.329 e. The summed E-state index contributed by atoms with van der Waals surface area (Å²) in [5, 5.41) is 3.36. The fourth-order valence-electron chi connectivity index (χ4n) is 3.24. The van der Waals surface area contributed by atoms with E-state index in [9.17, 15) is 14.4 Å². The normalized spacial score (nSPS) is 20.8. The number of nitrogens with one attached hydrogen (secondary N) is 1. The lowest BCUT2D eigenvalue weighted by atomic mass is 9.82. The molecule has 1 saturated carbocycles. The van der Waals surface area contributed by atoms with Gasteiger partial charge < -0.3 is 10.1 Å². The van der Waals surface area contributed by atoms with Crippen LogP contribution in [0.1, 0.15) is 56.8 Å². The number of hydrogen-bond donors (Lipinski definition) is 1. The van der Waals surface area contributed by atoms with E-state index in [4.69, 9.17) is 16.3 Å². The molecule has 1 atom stereocenters. The fraction of sp³-hybridized carbons (Fsp3) is 0.571. The summed E-state index contributed by atoms with van der Waals surface area (Å²) >= 11 is 5.80. The van der Waals surface area contributed by atoms with E-state index in [1.165, 1.54) is 0 Å². The van der Waals surface area contributed by atoms with Crippen molar-refractivity contribution in [1.82, 2.24) is 5.32 Å². The third-order valence-electron chi connectivity index (χ3n) is 5.12. The molecule has 1 aliphatic carbocycles. The zero-order valence-electron chi connectivity index (χ0n) is 16.2.